The van der Waals surface area contributed by atoms with Gasteiger partial charge >= 0.3 is 0 Å². The van der Waals surface area contributed by atoms with Crippen molar-refractivity contribution in [1.29, 1.82) is 0 Å². The molecule has 0 saturated carbocycles. The fraction of sp³-hybridized carbons (Fsp3) is 0.118. The molecule has 0 aliphatic carbocycles. The van der Waals surface area contributed by atoms with Crippen molar-refractivity contribution in [3.63, 3.8) is 0 Å². The first-order valence-corrected chi connectivity index (χ1v) is 7.74. The van der Waals surface area contributed by atoms with Gasteiger partial charge in [0.15, 0.2) is 5.13 Å². The van der Waals surface area contributed by atoms with E-state index in [0.29, 0.717) is 17.0 Å². The fourth-order valence-corrected chi connectivity index (χ4v) is 2.84. The first-order chi connectivity index (χ1) is 10.7. The lowest BCUT2D eigenvalue weighted by Gasteiger charge is -2.01. The summed E-state index contributed by atoms with van der Waals surface area (Å²) in [6.07, 6.45) is 5.17. The van der Waals surface area contributed by atoms with Crippen LogP contribution in [0.3, 0.4) is 0 Å². The van der Waals surface area contributed by atoms with Gasteiger partial charge in [0.05, 0.1) is 11.1 Å². The number of ketones is 1. The van der Waals surface area contributed by atoms with E-state index in [1.165, 1.54) is 11.3 Å². The summed E-state index contributed by atoms with van der Waals surface area (Å²) in [7, 11) is 0. The molecular formula is C17H15N3OS. The van der Waals surface area contributed by atoms with Gasteiger partial charge in [-0.25, -0.2) is 4.98 Å². The summed E-state index contributed by atoms with van der Waals surface area (Å²) in [5, 5.41) is 3.95. The van der Waals surface area contributed by atoms with E-state index in [-0.39, 0.29) is 5.78 Å². The maximum Gasteiger partial charge on any atom is 0.204 e. The second-order valence-corrected chi connectivity index (χ2v) is 5.97. The molecule has 0 aliphatic heterocycles. The Labute approximate surface area is 132 Å². The second kappa shape index (κ2) is 6.49. The van der Waals surface area contributed by atoms with Gasteiger partial charge in [-0.3, -0.25) is 9.78 Å². The molecule has 2 heterocycles. The Balaban J connectivity index is 1.69. The lowest BCUT2D eigenvalue weighted by molar-refractivity contribution is 0.104. The number of hydrogen-bond donors (Lipinski definition) is 1. The van der Waals surface area contributed by atoms with E-state index in [4.69, 9.17) is 0 Å². The van der Waals surface area contributed by atoms with Crippen LogP contribution in [0.25, 0.3) is 0 Å². The number of carbonyl (C=O) groups is 1. The summed E-state index contributed by atoms with van der Waals surface area (Å²) in [6.45, 7) is 2.61. The molecule has 110 valence electrons. The topological polar surface area (TPSA) is 54.9 Å². The smallest absolute Gasteiger partial charge is 0.204 e. The normalized spacial score (nSPS) is 10.4. The van der Waals surface area contributed by atoms with Crippen molar-refractivity contribution in [2.75, 3.05) is 5.32 Å². The maximum absolute atomic E-state index is 12.4. The zero-order valence-electron chi connectivity index (χ0n) is 12.1. The van der Waals surface area contributed by atoms with Crippen molar-refractivity contribution in [3.8, 4) is 0 Å². The Bertz CT molecular complexity index is 783. The summed E-state index contributed by atoms with van der Waals surface area (Å²) < 4.78 is 0. The maximum atomic E-state index is 12.4. The van der Waals surface area contributed by atoms with Gasteiger partial charge < -0.3 is 5.32 Å². The third-order valence-electron chi connectivity index (χ3n) is 3.18. The van der Waals surface area contributed by atoms with E-state index >= 15 is 0 Å². The van der Waals surface area contributed by atoms with Gasteiger partial charge in [0.2, 0.25) is 5.78 Å². The lowest BCUT2D eigenvalue weighted by atomic mass is 10.1. The number of aromatic nitrogens is 2. The molecular weight excluding hydrogens is 294 g/mol. The summed E-state index contributed by atoms with van der Waals surface area (Å²) in [6, 6.07) is 11.5. The van der Waals surface area contributed by atoms with Crippen LogP contribution in [0.1, 0.15) is 26.4 Å². The zero-order chi connectivity index (χ0) is 15.4. The molecule has 4 nitrogen and oxygen atoms in total. The van der Waals surface area contributed by atoms with Crippen molar-refractivity contribution >= 4 is 22.3 Å². The van der Waals surface area contributed by atoms with E-state index in [1.807, 2.05) is 43.3 Å². The molecule has 0 aliphatic rings. The summed E-state index contributed by atoms with van der Waals surface area (Å²) >= 11 is 1.37. The monoisotopic (exact) mass is 309 g/mol. The van der Waals surface area contributed by atoms with E-state index < -0.39 is 0 Å². The van der Waals surface area contributed by atoms with Gasteiger partial charge in [0, 0.05) is 24.5 Å². The second-order valence-electron chi connectivity index (χ2n) is 4.94. The standard InChI is InChI=1S/C17H15N3OS/c1-12-4-2-6-14(8-12)16(21)15-11-20-17(22-15)19-10-13-5-3-7-18-9-13/h2-9,11H,10H2,1H3,(H,19,20). The van der Waals surface area contributed by atoms with Crippen LogP contribution in [0.15, 0.2) is 55.0 Å². The van der Waals surface area contributed by atoms with Crippen molar-refractivity contribution in [2.45, 2.75) is 13.5 Å². The number of thiazole rings is 1. The molecule has 3 aromatic rings. The molecule has 0 atom stereocenters. The summed E-state index contributed by atoms with van der Waals surface area (Å²) in [5.74, 6) is 0.00984. The predicted molar refractivity (Wildman–Crippen MR) is 88.3 cm³/mol. The Kier molecular flexibility index (Phi) is 4.25. The third-order valence-corrected chi connectivity index (χ3v) is 4.13. The first kappa shape index (κ1) is 14.4. The van der Waals surface area contributed by atoms with Crippen LogP contribution in [0.4, 0.5) is 5.13 Å². The molecule has 5 heteroatoms. The number of anilines is 1. The van der Waals surface area contributed by atoms with Crippen molar-refractivity contribution in [3.05, 3.63) is 76.6 Å². The SMILES string of the molecule is Cc1cccc(C(=O)c2cnc(NCc3cccnc3)s2)c1. The van der Waals surface area contributed by atoms with Crippen LogP contribution in [-0.4, -0.2) is 15.8 Å². The Morgan fingerprint density at radius 2 is 2.14 bits per heavy atom. The number of benzene rings is 1. The van der Waals surface area contributed by atoms with Crippen LogP contribution in [0.2, 0.25) is 0 Å². The van der Waals surface area contributed by atoms with E-state index in [1.54, 1.807) is 18.6 Å². The van der Waals surface area contributed by atoms with E-state index in [2.05, 4.69) is 15.3 Å². The van der Waals surface area contributed by atoms with E-state index in [9.17, 15) is 4.79 Å². The minimum atomic E-state index is 0.00984. The number of nitrogens with zero attached hydrogens (tertiary/aromatic N) is 2. The molecule has 3 rings (SSSR count). The predicted octanol–water partition coefficient (Wildman–Crippen LogP) is 3.69. The van der Waals surface area contributed by atoms with Crippen LogP contribution in [0, 0.1) is 6.92 Å². The molecule has 1 aromatic carbocycles. The van der Waals surface area contributed by atoms with Crippen molar-refractivity contribution in [1.82, 2.24) is 9.97 Å². The van der Waals surface area contributed by atoms with Gasteiger partial charge in [-0.05, 0) is 24.6 Å². The highest BCUT2D eigenvalue weighted by Gasteiger charge is 2.13. The van der Waals surface area contributed by atoms with E-state index in [0.717, 1.165) is 16.3 Å². The third kappa shape index (κ3) is 3.38. The molecule has 0 unspecified atom stereocenters. The number of rotatable bonds is 5. The molecule has 0 spiro atoms. The summed E-state index contributed by atoms with van der Waals surface area (Å²) in [4.78, 5) is 21.4. The number of nitrogens with one attached hydrogen (secondary N) is 1. The minimum Gasteiger partial charge on any atom is -0.357 e. The van der Waals surface area contributed by atoms with Crippen LogP contribution < -0.4 is 5.32 Å². The van der Waals surface area contributed by atoms with Crippen LogP contribution >= 0.6 is 11.3 Å². The highest BCUT2D eigenvalue weighted by Crippen LogP contribution is 2.22. The van der Waals surface area contributed by atoms with Gasteiger partial charge in [-0.15, -0.1) is 0 Å². The van der Waals surface area contributed by atoms with Gasteiger partial charge in [-0.1, -0.05) is 41.2 Å². The van der Waals surface area contributed by atoms with Crippen molar-refractivity contribution < 1.29 is 4.79 Å². The van der Waals surface area contributed by atoms with Crippen LogP contribution in [-0.2, 0) is 6.54 Å². The average molecular weight is 309 g/mol. The fourth-order valence-electron chi connectivity index (χ4n) is 2.07. The average Bonchev–Trinajstić information content (AvgIpc) is 3.02. The molecule has 22 heavy (non-hydrogen) atoms. The molecule has 1 N–H and O–H groups in total. The van der Waals surface area contributed by atoms with Crippen LogP contribution in [0.5, 0.6) is 0 Å². The molecule has 0 radical (unpaired) electrons. The molecule has 0 bridgehead atoms. The Hall–Kier alpha value is -2.53. The lowest BCUT2D eigenvalue weighted by Crippen LogP contribution is -1.99. The van der Waals surface area contributed by atoms with Gasteiger partial charge in [-0.2, -0.15) is 0 Å². The molecule has 0 amide bonds. The molecule has 0 fully saturated rings. The van der Waals surface area contributed by atoms with Gasteiger partial charge in [0.1, 0.15) is 0 Å². The number of aryl methyl sites for hydroxylation is 1. The summed E-state index contributed by atoms with van der Waals surface area (Å²) in [5.41, 5.74) is 2.84. The Morgan fingerprint density at radius 1 is 1.23 bits per heavy atom. The zero-order valence-corrected chi connectivity index (χ0v) is 12.9. The van der Waals surface area contributed by atoms with Gasteiger partial charge in [0.25, 0.3) is 0 Å². The molecule has 0 saturated heterocycles. The van der Waals surface area contributed by atoms with Crippen molar-refractivity contribution in [2.24, 2.45) is 0 Å². The molecule has 2 aromatic heterocycles. The highest BCUT2D eigenvalue weighted by molar-refractivity contribution is 7.17. The highest BCUT2D eigenvalue weighted by atomic mass is 32.1. The minimum absolute atomic E-state index is 0.00984. The first-order valence-electron chi connectivity index (χ1n) is 6.92. The number of pyridine rings is 1. The largest absolute Gasteiger partial charge is 0.357 e. The number of hydrogen-bond acceptors (Lipinski definition) is 5. The number of carbonyl (C=O) groups excluding carboxylic acids is 1. The quantitative estimate of drug-likeness (QED) is 0.730. The Morgan fingerprint density at radius 3 is 2.91 bits per heavy atom.